The molecule has 0 aliphatic carbocycles. The normalized spacial score (nSPS) is 11.4. The van der Waals surface area contributed by atoms with E-state index in [0.717, 1.165) is 0 Å². The molecule has 1 aromatic rings. The van der Waals surface area contributed by atoms with E-state index in [1.165, 1.54) is 11.3 Å². The first-order valence-corrected chi connectivity index (χ1v) is 5.25. The Labute approximate surface area is 89.1 Å². The van der Waals surface area contributed by atoms with Crippen LogP contribution >= 0.6 is 11.3 Å². The van der Waals surface area contributed by atoms with E-state index in [4.69, 9.17) is 0 Å². The molecule has 1 heterocycles. The molecule has 0 aliphatic rings. The summed E-state index contributed by atoms with van der Waals surface area (Å²) in [4.78, 5) is 11.8. The van der Waals surface area contributed by atoms with Crippen LogP contribution in [-0.4, -0.2) is 18.6 Å². The summed E-state index contributed by atoms with van der Waals surface area (Å²) in [6, 6.07) is 3.35. The van der Waals surface area contributed by atoms with Crippen LogP contribution in [0.4, 0.5) is 13.2 Å². The molecule has 0 aliphatic heterocycles. The minimum atomic E-state index is -4.15. The topological polar surface area (TPSA) is 29.1 Å². The fourth-order valence-corrected chi connectivity index (χ4v) is 1.63. The summed E-state index contributed by atoms with van der Waals surface area (Å²) in [5.74, 6) is -0.313. The highest BCUT2D eigenvalue weighted by atomic mass is 32.1. The van der Waals surface area contributed by atoms with E-state index in [0.29, 0.717) is 4.88 Å². The van der Waals surface area contributed by atoms with Gasteiger partial charge >= 0.3 is 6.18 Å². The van der Waals surface area contributed by atoms with E-state index in [-0.39, 0.29) is 18.9 Å². The van der Waals surface area contributed by atoms with E-state index in [2.05, 4.69) is 5.32 Å². The number of thiophene rings is 1. The molecule has 6 heteroatoms. The Bertz CT molecular complexity index is 308. The Kier molecular flexibility index (Phi) is 4.14. The first-order valence-electron chi connectivity index (χ1n) is 4.37. The lowest BCUT2D eigenvalue weighted by Gasteiger charge is -2.06. The summed E-state index contributed by atoms with van der Waals surface area (Å²) in [5, 5.41) is 4.17. The van der Waals surface area contributed by atoms with Gasteiger partial charge in [0.25, 0.3) is 5.91 Å². The Hall–Kier alpha value is -1.04. The summed E-state index contributed by atoms with van der Waals surface area (Å²) in [5.41, 5.74) is 0. The van der Waals surface area contributed by atoms with Gasteiger partial charge < -0.3 is 5.32 Å². The molecule has 0 bridgehead atoms. The molecule has 1 N–H and O–H groups in total. The summed E-state index contributed by atoms with van der Waals surface area (Å²) >= 11 is 1.26. The second kappa shape index (κ2) is 5.16. The summed E-state index contributed by atoms with van der Waals surface area (Å²) in [7, 11) is 0. The van der Waals surface area contributed by atoms with Gasteiger partial charge in [0.15, 0.2) is 0 Å². The number of alkyl halides is 3. The van der Waals surface area contributed by atoms with Crippen molar-refractivity contribution < 1.29 is 18.0 Å². The van der Waals surface area contributed by atoms with Gasteiger partial charge in [0.1, 0.15) is 0 Å². The van der Waals surface area contributed by atoms with Crippen molar-refractivity contribution in [2.24, 2.45) is 0 Å². The largest absolute Gasteiger partial charge is 0.389 e. The molecule has 1 rings (SSSR count). The number of hydrogen-bond donors (Lipinski definition) is 1. The van der Waals surface area contributed by atoms with Crippen molar-refractivity contribution in [1.29, 1.82) is 0 Å². The van der Waals surface area contributed by atoms with E-state index >= 15 is 0 Å². The third-order valence-electron chi connectivity index (χ3n) is 1.67. The van der Waals surface area contributed by atoms with Gasteiger partial charge in [-0.25, -0.2) is 0 Å². The molecule has 0 saturated carbocycles. The van der Waals surface area contributed by atoms with Crippen LogP contribution in [0.3, 0.4) is 0 Å². The maximum absolute atomic E-state index is 11.7. The van der Waals surface area contributed by atoms with Gasteiger partial charge in [0, 0.05) is 13.0 Å². The first kappa shape index (κ1) is 12.0. The molecule has 15 heavy (non-hydrogen) atoms. The van der Waals surface area contributed by atoms with E-state index in [1.54, 1.807) is 17.5 Å². The monoisotopic (exact) mass is 237 g/mol. The average molecular weight is 237 g/mol. The van der Waals surface area contributed by atoms with Crippen molar-refractivity contribution in [1.82, 2.24) is 5.32 Å². The standard InChI is InChI=1S/C9H10F3NOS/c10-9(11,12)4-2-5-13-8(14)7-3-1-6-15-7/h1,3,6H,2,4-5H2,(H,13,14). The lowest BCUT2D eigenvalue weighted by molar-refractivity contribution is -0.135. The molecule has 0 fully saturated rings. The van der Waals surface area contributed by atoms with Crippen molar-refractivity contribution in [3.8, 4) is 0 Å². The van der Waals surface area contributed by atoms with Gasteiger partial charge in [0.05, 0.1) is 4.88 Å². The molecule has 2 nitrogen and oxygen atoms in total. The fourth-order valence-electron chi connectivity index (χ4n) is 0.986. The van der Waals surface area contributed by atoms with Gasteiger partial charge in [-0.2, -0.15) is 13.2 Å². The van der Waals surface area contributed by atoms with Crippen molar-refractivity contribution in [2.75, 3.05) is 6.54 Å². The predicted octanol–water partition coefficient (Wildman–Crippen LogP) is 2.82. The number of carbonyl (C=O) groups excluding carboxylic acids is 1. The van der Waals surface area contributed by atoms with Gasteiger partial charge in [-0.3, -0.25) is 4.79 Å². The van der Waals surface area contributed by atoms with E-state index < -0.39 is 12.6 Å². The highest BCUT2D eigenvalue weighted by Crippen LogP contribution is 2.20. The third kappa shape index (κ3) is 4.83. The zero-order valence-electron chi connectivity index (χ0n) is 7.80. The SMILES string of the molecule is O=C(NCCCC(F)(F)F)c1cccs1. The highest BCUT2D eigenvalue weighted by molar-refractivity contribution is 7.12. The van der Waals surface area contributed by atoms with Crippen LogP contribution in [0.15, 0.2) is 17.5 Å². The lowest BCUT2D eigenvalue weighted by atomic mass is 10.3. The van der Waals surface area contributed by atoms with Crippen LogP contribution in [0.5, 0.6) is 0 Å². The van der Waals surface area contributed by atoms with Crippen LogP contribution in [-0.2, 0) is 0 Å². The van der Waals surface area contributed by atoms with Crippen molar-refractivity contribution in [2.45, 2.75) is 19.0 Å². The quantitative estimate of drug-likeness (QED) is 0.801. The van der Waals surface area contributed by atoms with Gasteiger partial charge in [-0.15, -0.1) is 11.3 Å². The number of hydrogen-bond acceptors (Lipinski definition) is 2. The summed E-state index contributed by atoms with van der Waals surface area (Å²) in [6.07, 6.45) is -5.09. The molecule has 1 aromatic heterocycles. The summed E-state index contributed by atoms with van der Waals surface area (Å²) < 4.78 is 35.2. The van der Waals surface area contributed by atoms with E-state index in [1.807, 2.05) is 0 Å². The van der Waals surface area contributed by atoms with Crippen LogP contribution in [0, 0.1) is 0 Å². The molecular formula is C9H10F3NOS. The van der Waals surface area contributed by atoms with E-state index in [9.17, 15) is 18.0 Å². The fraction of sp³-hybridized carbons (Fsp3) is 0.444. The van der Waals surface area contributed by atoms with Gasteiger partial charge in [-0.1, -0.05) is 6.07 Å². The number of halogens is 3. The Morgan fingerprint density at radius 3 is 2.73 bits per heavy atom. The van der Waals surface area contributed by atoms with Crippen molar-refractivity contribution in [3.05, 3.63) is 22.4 Å². The zero-order valence-corrected chi connectivity index (χ0v) is 8.62. The maximum atomic E-state index is 11.7. The Balaban J connectivity index is 2.19. The molecule has 0 radical (unpaired) electrons. The van der Waals surface area contributed by atoms with Gasteiger partial charge in [-0.05, 0) is 17.9 Å². The molecule has 0 atom stereocenters. The molecule has 1 amide bonds. The minimum Gasteiger partial charge on any atom is -0.351 e. The smallest absolute Gasteiger partial charge is 0.351 e. The zero-order chi connectivity index (χ0) is 11.3. The first-order chi connectivity index (χ1) is 6.99. The number of nitrogens with one attached hydrogen (secondary N) is 1. The second-order valence-electron chi connectivity index (χ2n) is 2.95. The van der Waals surface area contributed by atoms with Crippen molar-refractivity contribution in [3.63, 3.8) is 0 Å². The highest BCUT2D eigenvalue weighted by Gasteiger charge is 2.25. The predicted molar refractivity (Wildman–Crippen MR) is 51.9 cm³/mol. The number of carbonyl (C=O) groups is 1. The molecule has 0 saturated heterocycles. The Morgan fingerprint density at radius 1 is 1.47 bits per heavy atom. The van der Waals surface area contributed by atoms with Crippen LogP contribution in [0.25, 0.3) is 0 Å². The van der Waals surface area contributed by atoms with Crippen LogP contribution in [0.1, 0.15) is 22.5 Å². The number of rotatable bonds is 4. The van der Waals surface area contributed by atoms with Gasteiger partial charge in [0.2, 0.25) is 0 Å². The van der Waals surface area contributed by atoms with Crippen LogP contribution < -0.4 is 5.32 Å². The second-order valence-corrected chi connectivity index (χ2v) is 3.90. The lowest BCUT2D eigenvalue weighted by Crippen LogP contribution is -2.24. The Morgan fingerprint density at radius 2 is 2.20 bits per heavy atom. The third-order valence-corrected chi connectivity index (χ3v) is 2.54. The molecule has 0 spiro atoms. The average Bonchev–Trinajstić information content (AvgIpc) is 2.63. The summed E-state index contributed by atoms with van der Waals surface area (Å²) in [6.45, 7) is 0.0518. The minimum absolute atomic E-state index is 0.0518. The number of amides is 1. The molecule has 0 unspecified atom stereocenters. The van der Waals surface area contributed by atoms with Crippen LogP contribution in [0.2, 0.25) is 0 Å². The molecular weight excluding hydrogens is 227 g/mol. The molecule has 84 valence electrons. The molecule has 0 aromatic carbocycles. The maximum Gasteiger partial charge on any atom is 0.389 e. The van der Waals surface area contributed by atoms with Crippen molar-refractivity contribution >= 4 is 17.2 Å².